The lowest BCUT2D eigenvalue weighted by atomic mass is 10.1. The van der Waals surface area contributed by atoms with Crippen LogP contribution in [0.1, 0.15) is 17.9 Å². The first-order chi connectivity index (χ1) is 15.3. The highest BCUT2D eigenvalue weighted by Gasteiger charge is 2.29. The van der Waals surface area contributed by atoms with Gasteiger partial charge in [0.15, 0.2) is 11.6 Å². The molecule has 0 bridgehead atoms. The Labute approximate surface area is 185 Å². The van der Waals surface area contributed by atoms with Crippen molar-refractivity contribution in [2.24, 2.45) is 0 Å². The molecule has 3 aromatic rings. The third-order valence-electron chi connectivity index (χ3n) is 5.50. The largest absolute Gasteiger partial charge is 0.339 e. The van der Waals surface area contributed by atoms with Crippen molar-refractivity contribution in [2.75, 3.05) is 32.7 Å². The second-order valence-electron chi connectivity index (χ2n) is 7.80. The maximum Gasteiger partial charge on any atom is 0.243 e. The van der Waals surface area contributed by atoms with Crippen LogP contribution in [-0.2, 0) is 16.4 Å². The second-order valence-corrected chi connectivity index (χ2v) is 9.74. The molecule has 1 fully saturated rings. The van der Waals surface area contributed by atoms with Gasteiger partial charge in [-0.25, -0.2) is 17.2 Å². The maximum atomic E-state index is 13.4. The van der Waals surface area contributed by atoms with Crippen LogP contribution >= 0.6 is 0 Å². The minimum Gasteiger partial charge on any atom is -0.339 e. The molecule has 0 amide bonds. The summed E-state index contributed by atoms with van der Waals surface area (Å²) in [7, 11) is -3.85. The van der Waals surface area contributed by atoms with Gasteiger partial charge in [-0.15, -0.1) is 0 Å². The van der Waals surface area contributed by atoms with Gasteiger partial charge in [0.05, 0.1) is 4.90 Å². The minimum absolute atomic E-state index is 0.231. The van der Waals surface area contributed by atoms with Crippen LogP contribution in [0, 0.1) is 18.6 Å². The summed E-state index contributed by atoms with van der Waals surface area (Å²) in [5.41, 5.74) is 2.07. The van der Waals surface area contributed by atoms with E-state index in [1.54, 1.807) is 0 Å². The summed E-state index contributed by atoms with van der Waals surface area (Å²) in [6.45, 7) is 4.48. The molecule has 0 radical (unpaired) electrons. The van der Waals surface area contributed by atoms with E-state index in [0.29, 0.717) is 44.3 Å². The zero-order valence-electron chi connectivity index (χ0n) is 17.7. The molecule has 1 aliphatic heterocycles. The van der Waals surface area contributed by atoms with Crippen molar-refractivity contribution in [1.29, 1.82) is 0 Å². The fourth-order valence-corrected chi connectivity index (χ4v) is 5.04. The molecule has 4 rings (SSSR count). The van der Waals surface area contributed by atoms with Crippen LogP contribution in [-0.4, -0.2) is 60.5 Å². The van der Waals surface area contributed by atoms with Crippen molar-refractivity contribution in [3.8, 4) is 11.4 Å². The minimum atomic E-state index is -3.85. The van der Waals surface area contributed by atoms with E-state index in [4.69, 9.17) is 4.52 Å². The fourth-order valence-electron chi connectivity index (χ4n) is 3.61. The summed E-state index contributed by atoms with van der Waals surface area (Å²) in [5, 5.41) is 4.04. The summed E-state index contributed by atoms with van der Waals surface area (Å²) in [6.07, 6.45) is 1.43. The first-order valence-corrected chi connectivity index (χ1v) is 11.8. The summed E-state index contributed by atoms with van der Waals surface area (Å²) in [4.78, 5) is 6.37. The average molecular weight is 463 g/mol. The van der Waals surface area contributed by atoms with E-state index in [-0.39, 0.29) is 4.90 Å². The van der Waals surface area contributed by atoms with Crippen LogP contribution < -0.4 is 0 Å². The van der Waals surface area contributed by atoms with Gasteiger partial charge in [0.25, 0.3) is 0 Å². The number of aromatic nitrogens is 2. The van der Waals surface area contributed by atoms with Gasteiger partial charge in [-0.2, -0.15) is 9.29 Å². The van der Waals surface area contributed by atoms with Gasteiger partial charge in [0, 0.05) is 38.2 Å². The topological polar surface area (TPSA) is 79.5 Å². The van der Waals surface area contributed by atoms with Crippen LogP contribution in [0.5, 0.6) is 0 Å². The van der Waals surface area contributed by atoms with Crippen molar-refractivity contribution in [3.05, 3.63) is 65.6 Å². The standard InChI is InChI=1S/C22H24F2N4O3S/c1-16-4-6-17(7-5-16)22-25-21(31-26-22)3-2-10-27-11-13-28(14-12-27)32(29,30)18-8-9-19(23)20(24)15-18/h4-9,15H,2-3,10-14H2,1H3. The van der Waals surface area contributed by atoms with E-state index >= 15 is 0 Å². The van der Waals surface area contributed by atoms with Crippen LogP contribution in [0.15, 0.2) is 51.9 Å². The lowest BCUT2D eigenvalue weighted by Gasteiger charge is -2.33. The van der Waals surface area contributed by atoms with Crippen molar-refractivity contribution in [3.63, 3.8) is 0 Å². The Balaban J connectivity index is 1.26. The van der Waals surface area contributed by atoms with Crippen LogP contribution in [0.4, 0.5) is 8.78 Å². The van der Waals surface area contributed by atoms with E-state index in [2.05, 4.69) is 15.0 Å². The first-order valence-electron chi connectivity index (χ1n) is 10.4. The number of rotatable bonds is 7. The summed E-state index contributed by atoms with van der Waals surface area (Å²) < 4.78 is 58.6. The second kappa shape index (κ2) is 9.43. The number of halogens is 2. The highest BCUT2D eigenvalue weighted by atomic mass is 32.2. The molecule has 7 nitrogen and oxygen atoms in total. The molecule has 2 heterocycles. The van der Waals surface area contributed by atoms with E-state index in [1.807, 2.05) is 31.2 Å². The molecular weight excluding hydrogens is 438 g/mol. The first kappa shape index (κ1) is 22.5. The van der Waals surface area contributed by atoms with Gasteiger partial charge in [0.1, 0.15) is 0 Å². The highest BCUT2D eigenvalue weighted by molar-refractivity contribution is 7.89. The zero-order valence-corrected chi connectivity index (χ0v) is 18.5. The Morgan fingerprint density at radius 2 is 1.72 bits per heavy atom. The Morgan fingerprint density at radius 3 is 2.41 bits per heavy atom. The molecular formula is C22H24F2N4O3S. The van der Waals surface area contributed by atoms with E-state index in [1.165, 1.54) is 4.31 Å². The molecule has 1 aliphatic rings. The maximum absolute atomic E-state index is 13.4. The van der Waals surface area contributed by atoms with Gasteiger partial charge in [0.2, 0.25) is 21.7 Å². The summed E-state index contributed by atoms with van der Waals surface area (Å²) in [6, 6.07) is 10.6. The highest BCUT2D eigenvalue weighted by Crippen LogP contribution is 2.20. The normalized spacial score (nSPS) is 15.8. The van der Waals surface area contributed by atoms with Crippen molar-refractivity contribution in [1.82, 2.24) is 19.3 Å². The molecule has 0 aliphatic carbocycles. The molecule has 2 aromatic carbocycles. The van der Waals surface area contributed by atoms with Gasteiger partial charge in [-0.05, 0) is 38.1 Å². The van der Waals surface area contributed by atoms with Crippen molar-refractivity contribution < 1.29 is 21.7 Å². The number of piperazine rings is 1. The van der Waals surface area contributed by atoms with Crippen molar-refractivity contribution >= 4 is 10.0 Å². The summed E-state index contributed by atoms with van der Waals surface area (Å²) in [5.74, 6) is -1.10. The lowest BCUT2D eigenvalue weighted by Crippen LogP contribution is -2.48. The number of benzene rings is 2. The molecule has 0 unspecified atom stereocenters. The average Bonchev–Trinajstić information content (AvgIpc) is 3.25. The Kier molecular flexibility index (Phi) is 6.63. The van der Waals surface area contributed by atoms with Gasteiger partial charge < -0.3 is 9.42 Å². The fraction of sp³-hybridized carbons (Fsp3) is 0.364. The Hall–Kier alpha value is -2.69. The van der Waals surface area contributed by atoms with Gasteiger partial charge >= 0.3 is 0 Å². The third kappa shape index (κ3) is 5.03. The van der Waals surface area contributed by atoms with Gasteiger partial charge in [-0.1, -0.05) is 35.0 Å². The van der Waals surface area contributed by atoms with E-state index < -0.39 is 21.7 Å². The van der Waals surface area contributed by atoms with E-state index in [0.717, 1.165) is 42.3 Å². The number of hydrogen-bond donors (Lipinski definition) is 0. The van der Waals surface area contributed by atoms with E-state index in [9.17, 15) is 17.2 Å². The Morgan fingerprint density at radius 1 is 1.00 bits per heavy atom. The predicted molar refractivity (Wildman–Crippen MR) is 114 cm³/mol. The Bertz CT molecular complexity index is 1170. The van der Waals surface area contributed by atoms with Crippen LogP contribution in [0.2, 0.25) is 0 Å². The monoisotopic (exact) mass is 462 g/mol. The van der Waals surface area contributed by atoms with Gasteiger partial charge in [-0.3, -0.25) is 0 Å². The van der Waals surface area contributed by atoms with Crippen LogP contribution in [0.3, 0.4) is 0 Å². The molecule has 170 valence electrons. The number of hydrogen-bond acceptors (Lipinski definition) is 6. The SMILES string of the molecule is Cc1ccc(-c2noc(CCCN3CCN(S(=O)(=O)c4ccc(F)c(F)c4)CC3)n2)cc1. The van der Waals surface area contributed by atoms with Crippen molar-refractivity contribution in [2.45, 2.75) is 24.7 Å². The molecule has 1 saturated heterocycles. The lowest BCUT2D eigenvalue weighted by molar-refractivity contribution is 0.185. The molecule has 1 aromatic heterocycles. The quantitative estimate of drug-likeness (QED) is 0.536. The number of sulfonamides is 1. The van der Waals surface area contributed by atoms with Crippen LogP contribution in [0.25, 0.3) is 11.4 Å². The number of nitrogens with zero attached hydrogens (tertiary/aromatic N) is 4. The molecule has 0 atom stereocenters. The molecule has 10 heteroatoms. The molecule has 0 saturated carbocycles. The summed E-state index contributed by atoms with van der Waals surface area (Å²) >= 11 is 0. The molecule has 0 spiro atoms. The molecule has 32 heavy (non-hydrogen) atoms. The smallest absolute Gasteiger partial charge is 0.243 e. The predicted octanol–water partition coefficient (Wildman–Crippen LogP) is 3.26. The third-order valence-corrected chi connectivity index (χ3v) is 7.40. The zero-order chi connectivity index (χ0) is 22.7. The number of aryl methyl sites for hydroxylation is 2. The molecule has 0 N–H and O–H groups in total.